The van der Waals surface area contributed by atoms with Crippen LogP contribution in [-0.4, -0.2) is 21.0 Å². The van der Waals surface area contributed by atoms with E-state index in [0.717, 1.165) is 10.0 Å². The van der Waals surface area contributed by atoms with E-state index in [2.05, 4.69) is 20.9 Å². The van der Waals surface area contributed by atoms with Crippen molar-refractivity contribution in [2.75, 3.05) is 0 Å². The van der Waals surface area contributed by atoms with Crippen LogP contribution in [0.4, 0.5) is 5.69 Å². The van der Waals surface area contributed by atoms with Gasteiger partial charge in [0.1, 0.15) is 5.92 Å². The maximum Gasteiger partial charge on any atom is 0.312 e. The molecule has 1 N–H and O–H groups in total. The van der Waals surface area contributed by atoms with Gasteiger partial charge in [-0.15, -0.1) is 0 Å². The molecule has 0 spiro atoms. The Morgan fingerprint density at radius 1 is 1.33 bits per heavy atom. The first-order chi connectivity index (χ1) is 9.97. The first-order valence-corrected chi connectivity index (χ1v) is 6.84. The minimum atomic E-state index is -1.06. The molecule has 0 amide bonds. The zero-order chi connectivity index (χ0) is 15.4. The van der Waals surface area contributed by atoms with Crippen LogP contribution in [0.3, 0.4) is 0 Å². The van der Waals surface area contributed by atoms with Crippen molar-refractivity contribution in [3.63, 3.8) is 0 Å². The number of aliphatic carboxylic acids is 1. The molecule has 0 fully saturated rings. The number of nitro groups is 1. The van der Waals surface area contributed by atoms with Crippen molar-refractivity contribution in [2.45, 2.75) is 12.3 Å². The van der Waals surface area contributed by atoms with Gasteiger partial charge in [-0.2, -0.15) is 0 Å². The van der Waals surface area contributed by atoms with Crippen molar-refractivity contribution in [3.05, 3.63) is 68.4 Å². The number of aromatic nitrogens is 1. The summed E-state index contributed by atoms with van der Waals surface area (Å²) in [7, 11) is 0. The zero-order valence-electron chi connectivity index (χ0n) is 10.8. The summed E-state index contributed by atoms with van der Waals surface area (Å²) < 4.78 is 0.895. The van der Waals surface area contributed by atoms with Crippen LogP contribution in [0.15, 0.2) is 47.1 Å². The van der Waals surface area contributed by atoms with E-state index in [4.69, 9.17) is 0 Å². The SMILES string of the molecule is O=C(O)C(Cc1ccc(Br)cc1)c1cc([N+](=O)[O-])ccn1. The van der Waals surface area contributed by atoms with Crippen LogP contribution >= 0.6 is 15.9 Å². The van der Waals surface area contributed by atoms with Crippen LogP contribution in [0.2, 0.25) is 0 Å². The number of pyridine rings is 1. The molecule has 6 nitrogen and oxygen atoms in total. The van der Waals surface area contributed by atoms with Crippen LogP contribution < -0.4 is 0 Å². The lowest BCUT2D eigenvalue weighted by Gasteiger charge is -2.11. The number of halogens is 1. The van der Waals surface area contributed by atoms with Gasteiger partial charge in [-0.3, -0.25) is 19.9 Å². The van der Waals surface area contributed by atoms with Gasteiger partial charge in [-0.25, -0.2) is 0 Å². The number of carboxylic acid groups (broad SMARTS) is 1. The minimum absolute atomic E-state index is 0.165. The summed E-state index contributed by atoms with van der Waals surface area (Å²) in [5.74, 6) is -1.99. The van der Waals surface area contributed by atoms with Crippen LogP contribution in [-0.2, 0) is 11.2 Å². The van der Waals surface area contributed by atoms with Gasteiger partial charge in [0.05, 0.1) is 10.6 Å². The molecule has 21 heavy (non-hydrogen) atoms. The van der Waals surface area contributed by atoms with Crippen molar-refractivity contribution in [1.29, 1.82) is 0 Å². The molecule has 2 aromatic rings. The monoisotopic (exact) mass is 350 g/mol. The Bertz CT molecular complexity index is 673. The first kappa shape index (κ1) is 15.1. The average Bonchev–Trinajstić information content (AvgIpc) is 2.46. The summed E-state index contributed by atoms with van der Waals surface area (Å²) in [6.07, 6.45) is 1.47. The molecule has 0 saturated heterocycles. The molecule has 1 aromatic carbocycles. The first-order valence-electron chi connectivity index (χ1n) is 6.05. The van der Waals surface area contributed by atoms with Crippen molar-refractivity contribution in [1.82, 2.24) is 4.98 Å². The lowest BCUT2D eigenvalue weighted by atomic mass is 9.95. The van der Waals surface area contributed by atoms with Gasteiger partial charge in [0.2, 0.25) is 0 Å². The van der Waals surface area contributed by atoms with E-state index in [9.17, 15) is 20.0 Å². The molecule has 1 atom stereocenters. The maximum absolute atomic E-state index is 11.4. The van der Waals surface area contributed by atoms with Gasteiger partial charge < -0.3 is 5.11 Å². The Hall–Kier alpha value is -2.28. The third kappa shape index (κ3) is 3.85. The predicted molar refractivity (Wildman–Crippen MR) is 79.1 cm³/mol. The summed E-state index contributed by atoms with van der Waals surface area (Å²) in [6.45, 7) is 0. The lowest BCUT2D eigenvalue weighted by molar-refractivity contribution is -0.385. The molecule has 2 rings (SSSR count). The number of carbonyl (C=O) groups is 1. The predicted octanol–water partition coefficient (Wildman–Crippen LogP) is 3.16. The summed E-state index contributed by atoms with van der Waals surface area (Å²) in [4.78, 5) is 25.6. The molecule has 0 aliphatic heterocycles. The highest BCUT2D eigenvalue weighted by molar-refractivity contribution is 9.10. The van der Waals surface area contributed by atoms with E-state index in [1.165, 1.54) is 18.3 Å². The number of nitrogens with zero attached hydrogens (tertiary/aromatic N) is 2. The van der Waals surface area contributed by atoms with E-state index in [-0.39, 0.29) is 17.8 Å². The number of carboxylic acids is 1. The van der Waals surface area contributed by atoms with Crippen LogP contribution in [0.25, 0.3) is 0 Å². The smallest absolute Gasteiger partial charge is 0.312 e. The largest absolute Gasteiger partial charge is 0.481 e. The fourth-order valence-electron chi connectivity index (χ4n) is 1.92. The Morgan fingerprint density at radius 2 is 2.00 bits per heavy atom. The lowest BCUT2D eigenvalue weighted by Crippen LogP contribution is -2.16. The molecule has 0 radical (unpaired) electrons. The molecular formula is C14H11BrN2O4. The molecule has 0 saturated carbocycles. The number of hydrogen-bond acceptors (Lipinski definition) is 4. The maximum atomic E-state index is 11.4. The molecule has 0 aliphatic carbocycles. The summed E-state index contributed by atoms with van der Waals surface area (Å²) >= 11 is 3.31. The third-order valence-electron chi connectivity index (χ3n) is 2.98. The number of hydrogen-bond donors (Lipinski definition) is 1. The minimum Gasteiger partial charge on any atom is -0.481 e. The number of benzene rings is 1. The van der Waals surface area contributed by atoms with Crippen LogP contribution in [0.5, 0.6) is 0 Å². The average molecular weight is 351 g/mol. The van der Waals surface area contributed by atoms with E-state index in [1.807, 2.05) is 12.1 Å². The zero-order valence-corrected chi connectivity index (χ0v) is 12.4. The van der Waals surface area contributed by atoms with Gasteiger partial charge in [-0.1, -0.05) is 28.1 Å². The molecule has 1 heterocycles. The molecular weight excluding hydrogens is 340 g/mol. The summed E-state index contributed by atoms with van der Waals surface area (Å²) in [5.41, 5.74) is 0.834. The second-order valence-electron chi connectivity index (χ2n) is 4.42. The Balaban J connectivity index is 2.31. The Kier molecular flexibility index (Phi) is 4.64. The van der Waals surface area contributed by atoms with E-state index in [0.29, 0.717) is 0 Å². The third-order valence-corrected chi connectivity index (χ3v) is 3.51. The van der Waals surface area contributed by atoms with Gasteiger partial charge in [-0.05, 0) is 24.1 Å². The molecule has 108 valence electrons. The molecule has 0 bridgehead atoms. The van der Waals surface area contributed by atoms with Crippen molar-refractivity contribution in [2.24, 2.45) is 0 Å². The topological polar surface area (TPSA) is 93.3 Å². The van der Waals surface area contributed by atoms with Gasteiger partial charge >= 0.3 is 5.97 Å². The van der Waals surface area contributed by atoms with Crippen molar-refractivity contribution < 1.29 is 14.8 Å². The Morgan fingerprint density at radius 3 is 2.57 bits per heavy atom. The Labute approximate surface area is 128 Å². The standard InChI is InChI=1S/C14H11BrN2O4/c15-10-3-1-9(2-4-10)7-12(14(18)19)13-8-11(17(20)21)5-6-16-13/h1-6,8,12H,7H2,(H,18,19). The normalized spacial score (nSPS) is 11.9. The molecule has 1 aromatic heterocycles. The highest BCUT2D eigenvalue weighted by Crippen LogP contribution is 2.23. The molecule has 1 unspecified atom stereocenters. The van der Waals surface area contributed by atoms with E-state index < -0.39 is 16.8 Å². The number of rotatable bonds is 5. The van der Waals surface area contributed by atoms with E-state index >= 15 is 0 Å². The van der Waals surface area contributed by atoms with Crippen LogP contribution in [0.1, 0.15) is 17.2 Å². The molecule has 7 heteroatoms. The van der Waals surface area contributed by atoms with Gasteiger partial charge in [0.25, 0.3) is 5.69 Å². The highest BCUT2D eigenvalue weighted by atomic mass is 79.9. The van der Waals surface area contributed by atoms with Gasteiger partial charge in [0.15, 0.2) is 0 Å². The van der Waals surface area contributed by atoms with Gasteiger partial charge in [0, 0.05) is 22.8 Å². The van der Waals surface area contributed by atoms with Crippen LogP contribution in [0, 0.1) is 10.1 Å². The highest BCUT2D eigenvalue weighted by Gasteiger charge is 2.23. The fraction of sp³-hybridized carbons (Fsp3) is 0.143. The van der Waals surface area contributed by atoms with Crippen molar-refractivity contribution >= 4 is 27.6 Å². The molecule has 0 aliphatic rings. The van der Waals surface area contributed by atoms with Crippen molar-refractivity contribution in [3.8, 4) is 0 Å². The summed E-state index contributed by atoms with van der Waals surface area (Å²) in [6, 6.07) is 9.68. The summed E-state index contributed by atoms with van der Waals surface area (Å²) in [5, 5.41) is 20.1. The second-order valence-corrected chi connectivity index (χ2v) is 5.33. The quantitative estimate of drug-likeness (QED) is 0.660. The van der Waals surface area contributed by atoms with E-state index in [1.54, 1.807) is 12.1 Å². The second kappa shape index (κ2) is 6.45. The fourth-order valence-corrected chi connectivity index (χ4v) is 2.18.